The molecule has 1 aliphatic heterocycles. The van der Waals surface area contributed by atoms with Crippen molar-refractivity contribution in [3.8, 4) is 22.9 Å². The van der Waals surface area contributed by atoms with Gasteiger partial charge in [0.25, 0.3) is 5.69 Å². The Morgan fingerprint density at radius 1 is 1.17 bits per heavy atom. The quantitative estimate of drug-likeness (QED) is 0.447. The molecule has 3 aromatic rings. The molecule has 0 bridgehead atoms. The van der Waals surface area contributed by atoms with Crippen molar-refractivity contribution in [1.82, 2.24) is 14.9 Å². The molecule has 2 heterocycles. The van der Waals surface area contributed by atoms with Crippen molar-refractivity contribution in [2.75, 3.05) is 46.1 Å². The second kappa shape index (κ2) is 9.10. The highest BCUT2D eigenvalue weighted by Gasteiger charge is 2.14. The lowest BCUT2D eigenvalue weighted by molar-refractivity contribution is -0.384. The molecule has 0 amide bonds. The summed E-state index contributed by atoms with van der Waals surface area (Å²) in [4.78, 5) is 20.6. The lowest BCUT2D eigenvalue weighted by Crippen LogP contribution is -2.38. The maximum atomic E-state index is 11.0. The predicted octanol–water partition coefficient (Wildman–Crippen LogP) is 3.25. The summed E-state index contributed by atoms with van der Waals surface area (Å²) in [5.41, 5.74) is 2.12. The predicted molar refractivity (Wildman–Crippen MR) is 112 cm³/mol. The van der Waals surface area contributed by atoms with Gasteiger partial charge in [-0.1, -0.05) is 0 Å². The van der Waals surface area contributed by atoms with Crippen molar-refractivity contribution in [2.24, 2.45) is 0 Å². The number of nitrogens with one attached hydrogen (secondary N) is 1. The highest BCUT2D eigenvalue weighted by Crippen LogP contribution is 2.33. The van der Waals surface area contributed by atoms with Gasteiger partial charge in [-0.25, -0.2) is 4.98 Å². The molecule has 1 aromatic heterocycles. The highest BCUT2D eigenvalue weighted by atomic mass is 16.6. The molecule has 4 rings (SSSR count). The Morgan fingerprint density at radius 3 is 2.77 bits per heavy atom. The minimum atomic E-state index is -0.420. The third-order valence-corrected chi connectivity index (χ3v) is 4.96. The molecule has 0 aliphatic carbocycles. The summed E-state index contributed by atoms with van der Waals surface area (Å²) in [6.07, 6.45) is 0. The molecular weight excluding hydrogens is 388 g/mol. The number of ether oxygens (including phenoxy) is 3. The summed E-state index contributed by atoms with van der Waals surface area (Å²) in [5.74, 6) is 1.94. The molecular formula is C21H24N4O5. The van der Waals surface area contributed by atoms with Crippen LogP contribution in [0.15, 0.2) is 36.4 Å². The molecule has 1 fully saturated rings. The SMILES string of the molecule is CCOc1cc(-c2nc3ccc([N+](=O)[O-])cc3[nH]2)ccc1OCCN1CCOCC1. The molecule has 0 saturated carbocycles. The van der Waals surface area contributed by atoms with Crippen LogP contribution in [0, 0.1) is 10.1 Å². The fourth-order valence-electron chi connectivity index (χ4n) is 3.40. The first-order valence-corrected chi connectivity index (χ1v) is 9.98. The molecule has 0 unspecified atom stereocenters. The number of rotatable bonds is 8. The fraction of sp³-hybridized carbons (Fsp3) is 0.381. The lowest BCUT2D eigenvalue weighted by Gasteiger charge is -2.26. The van der Waals surface area contributed by atoms with Crippen LogP contribution in [0.5, 0.6) is 11.5 Å². The number of nitrogens with zero attached hydrogens (tertiary/aromatic N) is 3. The van der Waals surface area contributed by atoms with Crippen LogP contribution in [0.25, 0.3) is 22.4 Å². The minimum Gasteiger partial charge on any atom is -0.490 e. The number of non-ortho nitro benzene ring substituents is 1. The van der Waals surface area contributed by atoms with E-state index >= 15 is 0 Å². The third kappa shape index (κ3) is 4.52. The van der Waals surface area contributed by atoms with E-state index < -0.39 is 4.92 Å². The van der Waals surface area contributed by atoms with Crippen molar-refractivity contribution < 1.29 is 19.1 Å². The van der Waals surface area contributed by atoms with Crippen LogP contribution in [-0.2, 0) is 4.74 Å². The van der Waals surface area contributed by atoms with Gasteiger partial charge in [-0.05, 0) is 31.2 Å². The molecule has 1 N–H and O–H groups in total. The number of morpholine rings is 1. The summed E-state index contributed by atoms with van der Waals surface area (Å²) < 4.78 is 17.1. The van der Waals surface area contributed by atoms with Crippen molar-refractivity contribution in [3.05, 3.63) is 46.5 Å². The van der Waals surface area contributed by atoms with Crippen molar-refractivity contribution in [2.45, 2.75) is 6.92 Å². The van der Waals surface area contributed by atoms with Gasteiger partial charge in [-0.2, -0.15) is 0 Å². The molecule has 1 saturated heterocycles. The molecule has 0 radical (unpaired) electrons. The van der Waals surface area contributed by atoms with E-state index in [2.05, 4.69) is 14.9 Å². The van der Waals surface area contributed by atoms with Gasteiger partial charge in [0.15, 0.2) is 11.5 Å². The van der Waals surface area contributed by atoms with E-state index in [0.717, 1.165) is 38.4 Å². The van der Waals surface area contributed by atoms with Gasteiger partial charge >= 0.3 is 0 Å². The lowest BCUT2D eigenvalue weighted by atomic mass is 10.2. The van der Waals surface area contributed by atoms with Crippen LogP contribution in [0.2, 0.25) is 0 Å². The van der Waals surface area contributed by atoms with Crippen molar-refractivity contribution in [3.63, 3.8) is 0 Å². The number of aromatic amines is 1. The van der Waals surface area contributed by atoms with Gasteiger partial charge in [-0.15, -0.1) is 0 Å². The number of hydrogen-bond donors (Lipinski definition) is 1. The number of nitro groups is 1. The zero-order valence-electron chi connectivity index (χ0n) is 16.8. The summed E-state index contributed by atoms with van der Waals surface area (Å²) in [6.45, 7) is 7.20. The summed E-state index contributed by atoms with van der Waals surface area (Å²) in [7, 11) is 0. The number of fused-ring (bicyclic) bond motifs is 1. The van der Waals surface area contributed by atoms with E-state index in [4.69, 9.17) is 14.2 Å². The van der Waals surface area contributed by atoms with Gasteiger partial charge in [0.05, 0.1) is 35.8 Å². The van der Waals surface area contributed by atoms with Crippen molar-refractivity contribution in [1.29, 1.82) is 0 Å². The standard InChI is InChI=1S/C21H24N4O5/c1-2-29-20-13-15(3-6-19(20)30-12-9-24-7-10-28-11-8-24)21-22-17-5-4-16(25(26)27)14-18(17)23-21/h3-6,13-14H,2,7-12H2,1H3,(H,22,23). The second-order valence-corrected chi connectivity index (χ2v) is 6.94. The first-order valence-electron chi connectivity index (χ1n) is 9.98. The van der Waals surface area contributed by atoms with Gasteiger partial charge in [0, 0.05) is 37.3 Å². The van der Waals surface area contributed by atoms with Crippen LogP contribution in [0.3, 0.4) is 0 Å². The second-order valence-electron chi connectivity index (χ2n) is 6.94. The van der Waals surface area contributed by atoms with Crippen LogP contribution in [0.4, 0.5) is 5.69 Å². The largest absolute Gasteiger partial charge is 0.490 e. The molecule has 1 aliphatic rings. The van der Waals surface area contributed by atoms with Crippen LogP contribution in [0.1, 0.15) is 6.92 Å². The van der Waals surface area contributed by atoms with E-state index in [1.807, 2.05) is 25.1 Å². The summed E-state index contributed by atoms with van der Waals surface area (Å²) in [5, 5.41) is 11.0. The molecule has 0 atom stereocenters. The Morgan fingerprint density at radius 2 is 2.00 bits per heavy atom. The Labute approximate surface area is 173 Å². The zero-order valence-corrected chi connectivity index (χ0v) is 16.8. The maximum absolute atomic E-state index is 11.0. The Kier molecular flexibility index (Phi) is 6.10. The van der Waals surface area contributed by atoms with Crippen LogP contribution in [-0.4, -0.2) is 65.9 Å². The Hall–Kier alpha value is -3.17. The summed E-state index contributed by atoms with van der Waals surface area (Å²) in [6, 6.07) is 10.2. The van der Waals surface area contributed by atoms with Gasteiger partial charge in [0.2, 0.25) is 0 Å². The molecule has 30 heavy (non-hydrogen) atoms. The molecule has 9 nitrogen and oxygen atoms in total. The van der Waals surface area contributed by atoms with Gasteiger partial charge in [-0.3, -0.25) is 15.0 Å². The van der Waals surface area contributed by atoms with E-state index in [0.29, 0.717) is 41.6 Å². The first kappa shape index (κ1) is 20.1. The Bertz CT molecular complexity index is 1030. The fourth-order valence-corrected chi connectivity index (χ4v) is 3.40. The molecule has 2 aromatic carbocycles. The first-order chi connectivity index (χ1) is 14.6. The van der Waals surface area contributed by atoms with E-state index in [1.54, 1.807) is 6.07 Å². The number of imidazole rings is 1. The van der Waals surface area contributed by atoms with Crippen LogP contribution >= 0.6 is 0 Å². The summed E-state index contributed by atoms with van der Waals surface area (Å²) >= 11 is 0. The highest BCUT2D eigenvalue weighted by molar-refractivity contribution is 5.81. The third-order valence-electron chi connectivity index (χ3n) is 4.96. The number of aromatic nitrogens is 2. The topological polar surface area (TPSA) is 103 Å². The number of benzene rings is 2. The average molecular weight is 412 g/mol. The maximum Gasteiger partial charge on any atom is 0.271 e. The number of nitro benzene ring substituents is 1. The van der Waals surface area contributed by atoms with E-state index in [9.17, 15) is 10.1 Å². The van der Waals surface area contributed by atoms with Gasteiger partial charge in [0.1, 0.15) is 12.4 Å². The normalized spacial score (nSPS) is 14.7. The molecule has 9 heteroatoms. The van der Waals surface area contributed by atoms with E-state index in [1.165, 1.54) is 12.1 Å². The number of H-pyrrole nitrogens is 1. The molecule has 0 spiro atoms. The Balaban J connectivity index is 1.51. The minimum absolute atomic E-state index is 0.0247. The smallest absolute Gasteiger partial charge is 0.271 e. The molecule has 158 valence electrons. The number of hydrogen-bond acceptors (Lipinski definition) is 7. The average Bonchev–Trinajstić information content (AvgIpc) is 3.19. The van der Waals surface area contributed by atoms with Crippen molar-refractivity contribution >= 4 is 16.7 Å². The van der Waals surface area contributed by atoms with E-state index in [-0.39, 0.29) is 5.69 Å². The zero-order chi connectivity index (χ0) is 20.9. The monoisotopic (exact) mass is 412 g/mol. The van der Waals surface area contributed by atoms with Gasteiger partial charge < -0.3 is 19.2 Å². The van der Waals surface area contributed by atoms with Crippen LogP contribution < -0.4 is 9.47 Å².